The Hall–Kier alpha value is -0.820. The lowest BCUT2D eigenvalue weighted by Gasteiger charge is -2.47. The minimum Gasteiger partial charge on any atom is -0.322 e. The predicted octanol–water partition coefficient (Wildman–Crippen LogP) is 2.21. The molecule has 1 aliphatic heterocycles. The number of benzene rings is 1. The van der Waals surface area contributed by atoms with Crippen molar-refractivity contribution in [3.63, 3.8) is 0 Å². The molecule has 0 aromatic heterocycles. The van der Waals surface area contributed by atoms with E-state index in [2.05, 4.69) is 44.4 Å². The molecular weight excluding hydrogens is 146 g/mol. The molecule has 1 heteroatoms. The zero-order valence-corrected chi connectivity index (χ0v) is 7.83. The quantitative estimate of drug-likeness (QED) is 0.555. The van der Waals surface area contributed by atoms with Gasteiger partial charge in [-0.25, -0.2) is 0 Å². The Labute approximate surface area is 74.2 Å². The van der Waals surface area contributed by atoms with E-state index in [-0.39, 0.29) is 0 Å². The fourth-order valence-electron chi connectivity index (χ4n) is 2.02. The minimum absolute atomic E-state index is 0.742. The van der Waals surface area contributed by atoms with E-state index < -0.39 is 0 Å². The summed E-state index contributed by atoms with van der Waals surface area (Å²) in [7, 11) is 4.61. The maximum absolute atomic E-state index is 2.31. The monoisotopic (exact) mass is 162 g/mol. The fraction of sp³-hybridized carbons (Fsp3) is 0.455. The van der Waals surface area contributed by atoms with Crippen molar-refractivity contribution >= 4 is 0 Å². The Morgan fingerprint density at radius 3 is 2.25 bits per heavy atom. The Kier molecular flexibility index (Phi) is 1.69. The van der Waals surface area contributed by atoms with E-state index in [1.807, 2.05) is 0 Å². The van der Waals surface area contributed by atoms with Crippen LogP contribution in [0.3, 0.4) is 0 Å². The van der Waals surface area contributed by atoms with Crippen LogP contribution >= 0.6 is 0 Å². The lowest BCUT2D eigenvalue weighted by atomic mass is 9.93. The summed E-state index contributed by atoms with van der Waals surface area (Å²) in [6, 6.07) is 11.6. The van der Waals surface area contributed by atoms with Gasteiger partial charge in [0.05, 0.1) is 27.1 Å². The standard InChI is InChI=1S/C11H16N/c1-12(2)9-8-11(12)10-6-4-3-5-7-10/h3-7,11H,8-9H2,1-2H3/q+1. The van der Waals surface area contributed by atoms with Crippen LogP contribution in [-0.4, -0.2) is 25.1 Å². The molecule has 0 bridgehead atoms. The molecule has 0 N–H and O–H groups in total. The molecule has 1 aromatic rings. The van der Waals surface area contributed by atoms with Crippen LogP contribution in [0, 0.1) is 0 Å². The Balaban J connectivity index is 2.22. The van der Waals surface area contributed by atoms with Crippen LogP contribution in [-0.2, 0) is 0 Å². The maximum Gasteiger partial charge on any atom is 0.120 e. The molecular formula is C11H16N+. The molecule has 1 heterocycles. The summed E-state index contributed by atoms with van der Waals surface area (Å²) in [5, 5.41) is 0. The van der Waals surface area contributed by atoms with E-state index >= 15 is 0 Å². The topological polar surface area (TPSA) is 0 Å². The van der Waals surface area contributed by atoms with Crippen molar-refractivity contribution in [3.05, 3.63) is 35.9 Å². The summed E-state index contributed by atoms with van der Waals surface area (Å²) in [6.07, 6.45) is 1.34. The first-order valence-corrected chi connectivity index (χ1v) is 4.58. The zero-order valence-electron chi connectivity index (χ0n) is 7.83. The van der Waals surface area contributed by atoms with E-state index in [9.17, 15) is 0 Å². The third-order valence-electron chi connectivity index (χ3n) is 3.01. The SMILES string of the molecule is C[N+]1(C)CCC1c1ccccc1. The molecule has 12 heavy (non-hydrogen) atoms. The summed E-state index contributed by atoms with van der Waals surface area (Å²) in [6.45, 7) is 1.32. The molecule has 0 saturated carbocycles. The van der Waals surface area contributed by atoms with E-state index in [0.717, 1.165) is 10.5 Å². The fourth-order valence-corrected chi connectivity index (χ4v) is 2.02. The van der Waals surface area contributed by atoms with Crippen molar-refractivity contribution in [1.29, 1.82) is 0 Å². The second-order valence-corrected chi connectivity index (χ2v) is 4.22. The molecule has 64 valence electrons. The molecule has 1 aromatic carbocycles. The van der Waals surface area contributed by atoms with Gasteiger partial charge in [-0.05, 0) is 0 Å². The van der Waals surface area contributed by atoms with Crippen LogP contribution in [0.2, 0.25) is 0 Å². The van der Waals surface area contributed by atoms with Gasteiger partial charge < -0.3 is 4.48 Å². The van der Waals surface area contributed by atoms with Crippen LogP contribution < -0.4 is 0 Å². The highest BCUT2D eigenvalue weighted by Crippen LogP contribution is 2.37. The number of hydrogen-bond donors (Lipinski definition) is 0. The summed E-state index contributed by atoms with van der Waals surface area (Å²) in [5.41, 5.74) is 1.49. The summed E-state index contributed by atoms with van der Waals surface area (Å²) < 4.78 is 1.16. The third-order valence-corrected chi connectivity index (χ3v) is 3.01. The minimum atomic E-state index is 0.742. The van der Waals surface area contributed by atoms with Gasteiger partial charge in [0.2, 0.25) is 0 Å². The van der Waals surface area contributed by atoms with Gasteiger partial charge in [-0.15, -0.1) is 0 Å². The Morgan fingerprint density at radius 2 is 1.83 bits per heavy atom. The number of hydrogen-bond acceptors (Lipinski definition) is 0. The second kappa shape index (κ2) is 2.60. The summed E-state index contributed by atoms with van der Waals surface area (Å²) in [4.78, 5) is 0. The van der Waals surface area contributed by atoms with E-state index in [1.54, 1.807) is 0 Å². The van der Waals surface area contributed by atoms with Crippen LogP contribution in [0.4, 0.5) is 0 Å². The van der Waals surface area contributed by atoms with Crippen molar-refractivity contribution in [1.82, 2.24) is 0 Å². The summed E-state index contributed by atoms with van der Waals surface area (Å²) >= 11 is 0. The van der Waals surface area contributed by atoms with Crippen LogP contribution in [0.15, 0.2) is 30.3 Å². The van der Waals surface area contributed by atoms with Crippen LogP contribution in [0.25, 0.3) is 0 Å². The molecule has 0 amide bonds. The molecule has 1 nitrogen and oxygen atoms in total. The van der Waals surface area contributed by atoms with Gasteiger partial charge in [0.25, 0.3) is 0 Å². The first-order valence-electron chi connectivity index (χ1n) is 4.58. The van der Waals surface area contributed by atoms with Gasteiger partial charge in [-0.1, -0.05) is 30.3 Å². The van der Waals surface area contributed by atoms with Crippen molar-refractivity contribution < 1.29 is 4.48 Å². The van der Waals surface area contributed by atoms with Crippen LogP contribution in [0.5, 0.6) is 0 Å². The number of quaternary nitrogens is 1. The Morgan fingerprint density at radius 1 is 1.17 bits per heavy atom. The predicted molar refractivity (Wildman–Crippen MR) is 50.8 cm³/mol. The molecule has 1 saturated heterocycles. The molecule has 0 aliphatic carbocycles. The second-order valence-electron chi connectivity index (χ2n) is 4.22. The van der Waals surface area contributed by atoms with Crippen LogP contribution in [0.1, 0.15) is 18.0 Å². The van der Waals surface area contributed by atoms with Gasteiger partial charge >= 0.3 is 0 Å². The van der Waals surface area contributed by atoms with Gasteiger partial charge in [-0.3, -0.25) is 0 Å². The normalized spacial score (nSPS) is 26.3. The van der Waals surface area contributed by atoms with Gasteiger partial charge in [0.1, 0.15) is 6.04 Å². The molecule has 0 spiro atoms. The molecule has 1 fully saturated rings. The van der Waals surface area contributed by atoms with Gasteiger partial charge in [-0.2, -0.15) is 0 Å². The average molecular weight is 162 g/mol. The number of rotatable bonds is 1. The first-order chi connectivity index (χ1) is 5.70. The third kappa shape index (κ3) is 1.14. The highest BCUT2D eigenvalue weighted by atomic mass is 15.4. The molecule has 0 radical (unpaired) electrons. The lowest BCUT2D eigenvalue weighted by molar-refractivity contribution is -0.962. The van der Waals surface area contributed by atoms with E-state index in [0.29, 0.717) is 0 Å². The smallest absolute Gasteiger partial charge is 0.120 e. The van der Waals surface area contributed by atoms with E-state index in [1.165, 1.54) is 18.5 Å². The van der Waals surface area contributed by atoms with Gasteiger partial charge in [0.15, 0.2) is 0 Å². The summed E-state index contributed by atoms with van der Waals surface area (Å²) in [5.74, 6) is 0. The highest BCUT2D eigenvalue weighted by Gasteiger charge is 2.39. The number of nitrogens with zero attached hydrogens (tertiary/aromatic N) is 1. The lowest BCUT2D eigenvalue weighted by Crippen LogP contribution is -2.53. The molecule has 1 aliphatic rings. The molecule has 1 atom stereocenters. The van der Waals surface area contributed by atoms with E-state index in [4.69, 9.17) is 0 Å². The largest absolute Gasteiger partial charge is 0.322 e. The number of likely N-dealkylation sites (tertiary alicyclic amines) is 1. The average Bonchev–Trinajstić information content (AvgIpc) is 2.05. The molecule has 2 rings (SSSR count). The van der Waals surface area contributed by atoms with Crippen molar-refractivity contribution in [2.45, 2.75) is 12.5 Å². The van der Waals surface area contributed by atoms with Crippen molar-refractivity contribution in [2.24, 2.45) is 0 Å². The zero-order chi connectivity index (χ0) is 8.60. The van der Waals surface area contributed by atoms with Crippen molar-refractivity contribution in [3.8, 4) is 0 Å². The van der Waals surface area contributed by atoms with Gasteiger partial charge in [0, 0.05) is 5.56 Å². The Bertz CT molecular complexity index is 264. The highest BCUT2D eigenvalue weighted by molar-refractivity contribution is 5.18. The first kappa shape index (κ1) is 7.81. The molecule has 1 unspecified atom stereocenters. The maximum atomic E-state index is 2.31. The van der Waals surface area contributed by atoms with Crippen molar-refractivity contribution in [2.75, 3.05) is 20.6 Å².